The minimum absolute atomic E-state index is 0.00377. The third-order valence-corrected chi connectivity index (χ3v) is 16.5. The predicted octanol–water partition coefficient (Wildman–Crippen LogP) is 5.52. The van der Waals surface area contributed by atoms with Crippen LogP contribution in [-0.4, -0.2) is 120 Å². The molecule has 1 saturated heterocycles. The topological polar surface area (TPSA) is 236 Å². The number of hydrogen-bond donors (Lipinski definition) is 7. The molecule has 2 aliphatic carbocycles. The zero-order valence-corrected chi connectivity index (χ0v) is 48.5. The Morgan fingerprint density at radius 1 is 0.568 bits per heavy atom. The van der Waals surface area contributed by atoms with Crippen molar-refractivity contribution in [3.8, 4) is 5.75 Å². The molecule has 4 aliphatic rings. The van der Waals surface area contributed by atoms with Crippen molar-refractivity contribution in [2.75, 3.05) is 20.6 Å². The number of fused-ring (bicyclic) bond motifs is 3. The number of nitrogens with zero attached hydrogens (tertiary/aromatic N) is 2. The van der Waals surface area contributed by atoms with Gasteiger partial charge < -0.3 is 51.8 Å². The highest BCUT2D eigenvalue weighted by Crippen LogP contribution is 2.35. The lowest BCUT2D eigenvalue weighted by molar-refractivity contribution is -0.147. The van der Waals surface area contributed by atoms with Crippen LogP contribution < -0.4 is 42.0 Å². The molecule has 7 amide bonds. The van der Waals surface area contributed by atoms with Gasteiger partial charge in [0, 0.05) is 31.1 Å². The Labute approximate surface area is 476 Å². The van der Waals surface area contributed by atoms with Crippen LogP contribution in [0.2, 0.25) is 0 Å². The van der Waals surface area contributed by atoms with E-state index in [4.69, 9.17) is 4.74 Å². The van der Waals surface area contributed by atoms with Gasteiger partial charge in [0.15, 0.2) is 0 Å². The SMILES string of the molecule is CNC(C)C(=O)NC(C(=O)N1Cc2cc(OC(=O)c3ccc(C(=O)NC4CC(C(=O)NC5CCCc6ccccc65)N(C(=O)C(NC(=O)C(C)NC)C(C)(C)C)C4)cc3)ccc2CC1C(=O)NC1CCCc2ccccc21)C(C)(C)C. The van der Waals surface area contributed by atoms with Crippen molar-refractivity contribution in [2.24, 2.45) is 10.8 Å². The van der Waals surface area contributed by atoms with E-state index in [1.165, 1.54) is 45.2 Å². The number of aryl methyl sites for hydroxylation is 2. The van der Waals surface area contributed by atoms with E-state index in [1.807, 2.05) is 77.9 Å². The molecule has 9 atom stereocenters. The van der Waals surface area contributed by atoms with Gasteiger partial charge in [0.25, 0.3) is 5.91 Å². The fourth-order valence-corrected chi connectivity index (χ4v) is 11.5. The van der Waals surface area contributed by atoms with Gasteiger partial charge >= 0.3 is 5.97 Å². The summed E-state index contributed by atoms with van der Waals surface area (Å²) >= 11 is 0. The highest BCUT2D eigenvalue weighted by Gasteiger charge is 2.47. The number of amides is 7. The van der Waals surface area contributed by atoms with E-state index in [2.05, 4.69) is 49.4 Å². The molecule has 0 bridgehead atoms. The van der Waals surface area contributed by atoms with Crippen LogP contribution in [0.3, 0.4) is 0 Å². The zero-order chi connectivity index (χ0) is 58.5. The molecule has 18 heteroatoms. The molecule has 2 heterocycles. The van der Waals surface area contributed by atoms with Crippen molar-refractivity contribution in [2.45, 2.75) is 168 Å². The lowest BCUT2D eigenvalue weighted by Gasteiger charge is -2.41. The van der Waals surface area contributed by atoms with Crippen molar-refractivity contribution in [1.29, 1.82) is 0 Å². The summed E-state index contributed by atoms with van der Waals surface area (Å²) in [4.78, 5) is 116. The Morgan fingerprint density at radius 3 is 1.58 bits per heavy atom. The van der Waals surface area contributed by atoms with Crippen LogP contribution in [0.1, 0.15) is 154 Å². The smallest absolute Gasteiger partial charge is 0.343 e. The molecule has 81 heavy (non-hydrogen) atoms. The van der Waals surface area contributed by atoms with Crippen molar-refractivity contribution in [3.63, 3.8) is 0 Å². The van der Waals surface area contributed by atoms with E-state index in [0.29, 0.717) is 5.56 Å². The number of nitrogens with one attached hydrogen (secondary N) is 7. The van der Waals surface area contributed by atoms with Gasteiger partial charge in [-0.05, 0) is 153 Å². The quantitative estimate of drug-likeness (QED) is 0.0545. The summed E-state index contributed by atoms with van der Waals surface area (Å²) in [5.74, 6) is -3.20. The Bertz CT molecular complexity index is 3020. The number of carbonyl (C=O) groups excluding carboxylic acids is 8. The van der Waals surface area contributed by atoms with E-state index < -0.39 is 76.8 Å². The van der Waals surface area contributed by atoms with Gasteiger partial charge in [0.05, 0.1) is 29.7 Å². The summed E-state index contributed by atoms with van der Waals surface area (Å²) < 4.78 is 5.91. The number of likely N-dealkylation sites (N-methyl/N-ethyl adjacent to an activating group) is 2. The summed E-state index contributed by atoms with van der Waals surface area (Å²) in [5.41, 5.74) is 4.84. The second-order valence-corrected chi connectivity index (χ2v) is 24.4. The van der Waals surface area contributed by atoms with Gasteiger partial charge in [-0.25, -0.2) is 4.79 Å². The highest BCUT2D eigenvalue weighted by molar-refractivity contribution is 5.98. The second kappa shape index (κ2) is 25.1. The standard InChI is InChI=1S/C63H81N9O9/c1-36(64-9)54(73)69-52(62(3,4)5)59(78)71-34-43-31-45(30-29-42(43)32-50(71)57(76)67-48-23-15-19-38-17-11-13-21-46(38)48)81-61(80)41-27-25-40(26-28-41)56(75)66-44-33-51(58(77)68-49-24-16-20-39-18-12-14-22-47(39)49)72(35-44)60(79)53(63(6,7)8)70-55(74)37(2)65-10/h11-14,17-18,21-22,25-31,36-37,44,48-53,64-65H,15-16,19-20,23-24,32-35H2,1-10H3,(H,66,75)(H,67,76)(H,68,77)(H,69,73)(H,70,74). The van der Waals surface area contributed by atoms with E-state index in [0.717, 1.165) is 55.2 Å². The van der Waals surface area contributed by atoms with Crippen LogP contribution in [0.15, 0.2) is 91.0 Å². The van der Waals surface area contributed by atoms with E-state index >= 15 is 0 Å². The number of carbonyl (C=O) groups is 8. The first-order valence-electron chi connectivity index (χ1n) is 28.5. The van der Waals surface area contributed by atoms with Crippen molar-refractivity contribution >= 4 is 47.3 Å². The molecule has 0 aromatic heterocycles. The van der Waals surface area contributed by atoms with E-state index in [1.54, 1.807) is 46.1 Å². The predicted molar refractivity (Wildman–Crippen MR) is 308 cm³/mol. The molecular weight excluding hydrogens is 1030 g/mol. The van der Waals surface area contributed by atoms with Gasteiger partial charge in [0.1, 0.15) is 29.9 Å². The van der Waals surface area contributed by atoms with Crippen LogP contribution in [-0.2, 0) is 54.6 Å². The van der Waals surface area contributed by atoms with Crippen LogP contribution >= 0.6 is 0 Å². The summed E-state index contributed by atoms with van der Waals surface area (Å²) in [7, 11) is 3.32. The maximum atomic E-state index is 14.9. The lowest BCUT2D eigenvalue weighted by Crippen LogP contribution is -2.62. The minimum atomic E-state index is -0.983. The molecular formula is C63H81N9O9. The van der Waals surface area contributed by atoms with Crippen LogP contribution in [0.25, 0.3) is 0 Å². The number of hydrogen-bond acceptors (Lipinski definition) is 11. The van der Waals surface area contributed by atoms with E-state index in [-0.39, 0.29) is 78.5 Å². The molecule has 8 rings (SSSR count). The number of ether oxygens (including phenoxy) is 1. The average Bonchev–Trinajstić information content (AvgIpc) is 3.92. The Balaban J connectivity index is 0.972. The molecule has 0 radical (unpaired) electrons. The Morgan fingerprint density at radius 2 is 1.06 bits per heavy atom. The number of benzene rings is 4. The summed E-state index contributed by atoms with van der Waals surface area (Å²) in [5, 5.41) is 21.2. The van der Waals surface area contributed by atoms with Gasteiger partial charge in [-0.15, -0.1) is 0 Å². The first-order valence-corrected chi connectivity index (χ1v) is 28.5. The van der Waals surface area contributed by atoms with Gasteiger partial charge in [0.2, 0.25) is 35.4 Å². The summed E-state index contributed by atoms with van der Waals surface area (Å²) in [6, 6.07) is 21.1. The summed E-state index contributed by atoms with van der Waals surface area (Å²) in [6.45, 7) is 14.6. The average molecular weight is 1110 g/mol. The number of likely N-dealkylation sites (tertiary alicyclic amines) is 1. The largest absolute Gasteiger partial charge is 0.423 e. The van der Waals surface area contributed by atoms with Crippen molar-refractivity contribution in [3.05, 3.63) is 136 Å². The summed E-state index contributed by atoms with van der Waals surface area (Å²) in [6.07, 6.45) is 5.43. The first kappa shape index (κ1) is 59.7. The normalized spacial score (nSPS) is 21.1. The molecule has 1 fully saturated rings. The molecule has 9 unspecified atom stereocenters. The van der Waals surface area contributed by atoms with Gasteiger partial charge in [-0.3, -0.25) is 33.6 Å². The fourth-order valence-electron chi connectivity index (χ4n) is 11.5. The Kier molecular flexibility index (Phi) is 18.5. The van der Waals surface area contributed by atoms with Crippen molar-refractivity contribution in [1.82, 2.24) is 47.0 Å². The molecule has 4 aromatic carbocycles. The zero-order valence-electron chi connectivity index (χ0n) is 48.5. The van der Waals surface area contributed by atoms with Gasteiger partial charge in [-0.1, -0.05) is 96.1 Å². The lowest BCUT2D eigenvalue weighted by atomic mass is 9.83. The number of rotatable bonds is 16. The maximum Gasteiger partial charge on any atom is 0.343 e. The monoisotopic (exact) mass is 1110 g/mol. The molecule has 0 spiro atoms. The fraction of sp³-hybridized carbons (Fsp3) is 0.492. The maximum absolute atomic E-state index is 14.9. The molecule has 7 N–H and O–H groups in total. The van der Waals surface area contributed by atoms with Gasteiger partial charge in [-0.2, -0.15) is 0 Å². The number of esters is 1. The molecule has 432 valence electrons. The van der Waals surface area contributed by atoms with Crippen LogP contribution in [0.4, 0.5) is 0 Å². The Hall–Kier alpha value is -7.44. The second-order valence-electron chi connectivity index (χ2n) is 24.4. The third kappa shape index (κ3) is 13.8. The van der Waals surface area contributed by atoms with E-state index in [9.17, 15) is 38.4 Å². The highest BCUT2D eigenvalue weighted by atomic mass is 16.5. The third-order valence-electron chi connectivity index (χ3n) is 16.5. The van der Waals surface area contributed by atoms with Crippen LogP contribution in [0, 0.1) is 10.8 Å². The minimum Gasteiger partial charge on any atom is -0.423 e. The molecule has 2 aliphatic heterocycles. The van der Waals surface area contributed by atoms with Crippen molar-refractivity contribution < 1.29 is 43.1 Å². The first-order chi connectivity index (χ1) is 38.4. The molecule has 0 saturated carbocycles. The molecule has 18 nitrogen and oxygen atoms in total. The molecule has 4 aromatic rings. The van der Waals surface area contributed by atoms with Crippen LogP contribution in [0.5, 0.6) is 5.75 Å².